The number of likely N-dealkylation sites (tertiary alicyclic amines) is 1. The van der Waals surface area contributed by atoms with Crippen LogP contribution in [0.3, 0.4) is 0 Å². The molecule has 7 heteroatoms. The van der Waals surface area contributed by atoms with Crippen LogP contribution in [0, 0.1) is 11.8 Å². The minimum absolute atomic E-state index is 0.0383. The highest BCUT2D eigenvalue weighted by molar-refractivity contribution is 6.39. The fraction of sp³-hybridized carbons (Fsp3) is 0.571. The van der Waals surface area contributed by atoms with Gasteiger partial charge in [-0.15, -0.1) is 0 Å². The predicted octanol–water partition coefficient (Wildman–Crippen LogP) is 2.78. The number of rotatable bonds is 2. The molecule has 1 aromatic carbocycles. The molecule has 2 N–H and O–H groups in total. The summed E-state index contributed by atoms with van der Waals surface area (Å²) in [4.78, 5) is 38.7. The lowest BCUT2D eigenvalue weighted by Crippen LogP contribution is -2.47. The summed E-state index contributed by atoms with van der Waals surface area (Å²) in [5.74, 6) is -0.701. The molecule has 0 spiro atoms. The molecule has 1 saturated heterocycles. The van der Waals surface area contributed by atoms with E-state index in [4.69, 9.17) is 4.74 Å². The summed E-state index contributed by atoms with van der Waals surface area (Å²) in [5, 5.41) is 5.62. The van der Waals surface area contributed by atoms with Crippen LogP contribution in [-0.4, -0.2) is 47.5 Å². The molecule has 7 nitrogen and oxygen atoms in total. The monoisotopic (exact) mass is 387 g/mol. The van der Waals surface area contributed by atoms with Gasteiger partial charge >= 0.3 is 17.9 Å². The van der Waals surface area contributed by atoms with Gasteiger partial charge in [-0.3, -0.25) is 9.59 Å². The Morgan fingerprint density at radius 3 is 2.46 bits per heavy atom. The molecular formula is C21H29N3O4. The molecule has 2 aliphatic rings. The molecule has 3 unspecified atom stereocenters. The fourth-order valence-electron chi connectivity index (χ4n) is 4.13. The van der Waals surface area contributed by atoms with Crippen molar-refractivity contribution in [3.8, 4) is 0 Å². The molecule has 1 aliphatic carbocycles. The van der Waals surface area contributed by atoms with Gasteiger partial charge in [0.1, 0.15) is 5.60 Å². The number of benzene rings is 1. The van der Waals surface area contributed by atoms with Crippen LogP contribution in [0.15, 0.2) is 30.3 Å². The van der Waals surface area contributed by atoms with Crippen LogP contribution in [0.25, 0.3) is 0 Å². The summed E-state index contributed by atoms with van der Waals surface area (Å²) in [7, 11) is 0. The molecule has 3 atom stereocenters. The van der Waals surface area contributed by atoms with E-state index in [1.54, 1.807) is 29.2 Å². The quantitative estimate of drug-likeness (QED) is 0.764. The minimum atomic E-state index is -0.624. The highest BCUT2D eigenvalue weighted by atomic mass is 16.6. The Hall–Kier alpha value is -2.57. The third-order valence-corrected chi connectivity index (χ3v) is 5.31. The van der Waals surface area contributed by atoms with E-state index in [2.05, 4.69) is 10.6 Å². The van der Waals surface area contributed by atoms with E-state index >= 15 is 0 Å². The number of hydrogen-bond acceptors (Lipinski definition) is 4. The zero-order chi connectivity index (χ0) is 20.3. The third-order valence-electron chi connectivity index (χ3n) is 5.31. The number of nitrogens with one attached hydrogen (secondary N) is 2. The van der Waals surface area contributed by atoms with Crippen LogP contribution in [0.4, 0.5) is 10.5 Å². The number of anilines is 1. The topological polar surface area (TPSA) is 87.7 Å². The smallest absolute Gasteiger partial charge is 0.407 e. The Kier molecular flexibility index (Phi) is 5.91. The number of para-hydroxylation sites is 1. The van der Waals surface area contributed by atoms with Crippen LogP contribution < -0.4 is 10.6 Å². The highest BCUT2D eigenvalue weighted by Crippen LogP contribution is 2.36. The Morgan fingerprint density at radius 1 is 1.07 bits per heavy atom. The SMILES string of the molecule is CC(C)(C)OC(=O)NC1CCCC2CN(C(=O)C(=O)Nc3ccccc3)CC21. The molecule has 0 radical (unpaired) electrons. The van der Waals surface area contributed by atoms with E-state index in [9.17, 15) is 14.4 Å². The van der Waals surface area contributed by atoms with Gasteiger partial charge in [0.2, 0.25) is 0 Å². The standard InChI is InChI=1S/C21H29N3O4/c1-21(2,3)28-20(27)23-17-11-7-8-14-12-24(13-16(14)17)19(26)18(25)22-15-9-5-4-6-10-15/h4-6,9-10,14,16-17H,7-8,11-13H2,1-3H3,(H,22,25)(H,23,27). The summed E-state index contributed by atoms with van der Waals surface area (Å²) in [6.45, 7) is 6.52. The normalized spacial score (nSPS) is 24.2. The van der Waals surface area contributed by atoms with Crippen molar-refractivity contribution in [1.29, 1.82) is 0 Å². The Morgan fingerprint density at radius 2 is 1.79 bits per heavy atom. The van der Waals surface area contributed by atoms with Crippen molar-refractivity contribution in [3.05, 3.63) is 30.3 Å². The molecule has 2 fully saturated rings. The van der Waals surface area contributed by atoms with E-state index in [-0.39, 0.29) is 12.0 Å². The van der Waals surface area contributed by atoms with Crippen LogP contribution in [0.2, 0.25) is 0 Å². The number of alkyl carbamates (subject to hydrolysis) is 1. The Balaban J connectivity index is 1.59. The van der Waals surface area contributed by atoms with Gasteiger partial charge in [-0.2, -0.15) is 0 Å². The van der Waals surface area contributed by atoms with E-state index in [0.717, 1.165) is 19.3 Å². The molecule has 1 heterocycles. The molecule has 152 valence electrons. The number of carbonyl (C=O) groups is 3. The summed E-state index contributed by atoms with van der Waals surface area (Å²) in [6, 6.07) is 8.91. The van der Waals surface area contributed by atoms with Gasteiger partial charge in [-0.05, 0) is 51.7 Å². The van der Waals surface area contributed by atoms with Crippen molar-refractivity contribution in [2.45, 2.75) is 51.7 Å². The van der Waals surface area contributed by atoms with Crippen LogP contribution >= 0.6 is 0 Å². The molecule has 1 aromatic rings. The maximum absolute atomic E-state index is 12.6. The van der Waals surface area contributed by atoms with Crippen LogP contribution in [0.5, 0.6) is 0 Å². The lowest BCUT2D eigenvalue weighted by atomic mass is 9.78. The van der Waals surface area contributed by atoms with Crippen molar-refractivity contribution >= 4 is 23.6 Å². The minimum Gasteiger partial charge on any atom is -0.444 e. The molecule has 1 saturated carbocycles. The first-order chi connectivity index (χ1) is 13.2. The second-order valence-corrected chi connectivity index (χ2v) is 8.64. The lowest BCUT2D eigenvalue weighted by Gasteiger charge is -2.33. The molecule has 3 rings (SSSR count). The second kappa shape index (κ2) is 8.20. The summed E-state index contributed by atoms with van der Waals surface area (Å²) >= 11 is 0. The number of ether oxygens (including phenoxy) is 1. The number of amides is 3. The number of carbonyl (C=O) groups excluding carboxylic acids is 3. The maximum Gasteiger partial charge on any atom is 0.407 e. The van der Waals surface area contributed by atoms with E-state index in [0.29, 0.717) is 24.7 Å². The Labute approximate surface area is 165 Å². The van der Waals surface area contributed by atoms with Crippen LogP contribution in [0.1, 0.15) is 40.0 Å². The average Bonchev–Trinajstić information content (AvgIpc) is 3.05. The largest absolute Gasteiger partial charge is 0.444 e. The van der Waals surface area contributed by atoms with E-state index < -0.39 is 23.5 Å². The van der Waals surface area contributed by atoms with Gasteiger partial charge in [0.05, 0.1) is 0 Å². The second-order valence-electron chi connectivity index (χ2n) is 8.64. The van der Waals surface area contributed by atoms with Gasteiger partial charge in [0, 0.05) is 30.7 Å². The molecular weight excluding hydrogens is 358 g/mol. The summed E-state index contributed by atoms with van der Waals surface area (Å²) in [6.07, 6.45) is 2.42. The van der Waals surface area contributed by atoms with E-state index in [1.807, 2.05) is 26.8 Å². The van der Waals surface area contributed by atoms with Gasteiger partial charge in [0.25, 0.3) is 0 Å². The summed E-state index contributed by atoms with van der Waals surface area (Å²) < 4.78 is 5.37. The first-order valence-electron chi connectivity index (χ1n) is 9.88. The zero-order valence-corrected chi connectivity index (χ0v) is 16.7. The van der Waals surface area contributed by atoms with Crippen molar-refractivity contribution in [2.75, 3.05) is 18.4 Å². The predicted molar refractivity (Wildman–Crippen MR) is 106 cm³/mol. The maximum atomic E-state index is 12.6. The molecule has 1 aliphatic heterocycles. The van der Waals surface area contributed by atoms with Crippen molar-refractivity contribution < 1.29 is 19.1 Å². The zero-order valence-electron chi connectivity index (χ0n) is 16.7. The third kappa shape index (κ3) is 5.03. The van der Waals surface area contributed by atoms with Gasteiger partial charge in [-0.1, -0.05) is 24.6 Å². The number of nitrogens with zero attached hydrogens (tertiary/aromatic N) is 1. The molecule has 3 amide bonds. The molecule has 28 heavy (non-hydrogen) atoms. The number of fused-ring (bicyclic) bond motifs is 1. The van der Waals surface area contributed by atoms with Gasteiger partial charge in [0.15, 0.2) is 0 Å². The molecule has 0 aromatic heterocycles. The summed E-state index contributed by atoms with van der Waals surface area (Å²) in [5.41, 5.74) is 0.0488. The fourth-order valence-corrected chi connectivity index (χ4v) is 4.13. The van der Waals surface area contributed by atoms with Gasteiger partial charge in [-0.25, -0.2) is 4.79 Å². The lowest BCUT2D eigenvalue weighted by molar-refractivity contribution is -0.142. The van der Waals surface area contributed by atoms with Crippen LogP contribution in [-0.2, 0) is 14.3 Å². The first-order valence-corrected chi connectivity index (χ1v) is 9.88. The highest BCUT2D eigenvalue weighted by Gasteiger charge is 2.43. The van der Waals surface area contributed by atoms with Crippen molar-refractivity contribution in [3.63, 3.8) is 0 Å². The Bertz CT molecular complexity index is 729. The molecule has 0 bridgehead atoms. The van der Waals surface area contributed by atoms with E-state index in [1.165, 1.54) is 0 Å². The van der Waals surface area contributed by atoms with Crippen molar-refractivity contribution in [2.24, 2.45) is 11.8 Å². The average molecular weight is 387 g/mol. The number of hydrogen-bond donors (Lipinski definition) is 2. The van der Waals surface area contributed by atoms with Gasteiger partial charge < -0.3 is 20.3 Å². The van der Waals surface area contributed by atoms with Crippen molar-refractivity contribution in [1.82, 2.24) is 10.2 Å². The first kappa shape index (κ1) is 20.2.